The predicted molar refractivity (Wildman–Crippen MR) is 78.2 cm³/mol. The number of aliphatic imine (C=N–C) groups is 1. The van der Waals surface area contributed by atoms with Gasteiger partial charge in [-0.2, -0.15) is 8.42 Å². The Morgan fingerprint density at radius 1 is 1.40 bits per heavy atom. The fraction of sp³-hybridized carbons (Fsp3) is 0.929. The van der Waals surface area contributed by atoms with Crippen molar-refractivity contribution in [3.8, 4) is 0 Å². The number of fused-ring (bicyclic) bond motifs is 2. The molecule has 0 aromatic rings. The lowest BCUT2D eigenvalue weighted by atomic mass is 9.66. The molecule has 20 heavy (non-hydrogen) atoms. The topological polar surface area (TPSA) is 59.0 Å². The van der Waals surface area contributed by atoms with Gasteiger partial charge in [-0.25, -0.2) is 0 Å². The van der Waals surface area contributed by atoms with E-state index in [4.69, 9.17) is 9.18 Å². The Bertz CT molecular complexity index is 503. The van der Waals surface area contributed by atoms with Crippen LogP contribution in [0.25, 0.3) is 0 Å². The van der Waals surface area contributed by atoms with Gasteiger partial charge in [0.2, 0.25) is 0 Å². The van der Waals surface area contributed by atoms with E-state index in [0.717, 1.165) is 32.3 Å². The van der Waals surface area contributed by atoms with E-state index in [1.165, 1.54) is 18.6 Å². The third-order valence-corrected chi connectivity index (χ3v) is 5.75. The van der Waals surface area contributed by atoms with Crippen LogP contribution in [0, 0.1) is 23.7 Å². The van der Waals surface area contributed by atoms with Crippen LogP contribution >= 0.6 is 0 Å². The molecule has 2 heterocycles. The van der Waals surface area contributed by atoms with E-state index in [1.54, 1.807) is 0 Å². The van der Waals surface area contributed by atoms with Crippen LogP contribution < -0.4 is 0 Å². The summed E-state index contributed by atoms with van der Waals surface area (Å²) in [6.07, 6.45) is 4.72. The molecule has 4 atom stereocenters. The van der Waals surface area contributed by atoms with Crippen molar-refractivity contribution in [1.29, 1.82) is 0 Å². The maximum absolute atomic E-state index is 11.1. The number of rotatable bonds is 3. The zero-order valence-electron chi connectivity index (χ0n) is 12.3. The monoisotopic (exact) mass is 300 g/mol. The second kappa shape index (κ2) is 5.39. The van der Waals surface area contributed by atoms with E-state index < -0.39 is 10.1 Å². The molecule has 5 nitrogen and oxygen atoms in total. The molecule has 114 valence electrons. The summed E-state index contributed by atoms with van der Waals surface area (Å²) < 4.78 is 27.1. The van der Waals surface area contributed by atoms with Gasteiger partial charge in [0.15, 0.2) is 0 Å². The predicted octanol–water partition coefficient (Wildman–Crippen LogP) is 1.36. The van der Waals surface area contributed by atoms with Crippen LogP contribution in [0.2, 0.25) is 0 Å². The minimum atomic E-state index is -3.34. The highest BCUT2D eigenvalue weighted by atomic mass is 32.2. The second-order valence-corrected chi connectivity index (χ2v) is 8.24. The molecular formula is C14H24N2O3S. The van der Waals surface area contributed by atoms with Gasteiger partial charge in [0.05, 0.1) is 6.26 Å². The van der Waals surface area contributed by atoms with Gasteiger partial charge < -0.3 is 0 Å². The van der Waals surface area contributed by atoms with Crippen molar-refractivity contribution in [3.05, 3.63) is 0 Å². The molecule has 0 aromatic heterocycles. The van der Waals surface area contributed by atoms with Crippen molar-refractivity contribution in [2.24, 2.45) is 28.7 Å². The Morgan fingerprint density at radius 3 is 2.95 bits per heavy atom. The quantitative estimate of drug-likeness (QED) is 0.738. The first-order valence-corrected chi connectivity index (χ1v) is 9.35. The van der Waals surface area contributed by atoms with Crippen LogP contribution in [-0.4, -0.2) is 51.7 Å². The van der Waals surface area contributed by atoms with Crippen LogP contribution in [0.15, 0.2) is 4.99 Å². The number of nitrogens with zero attached hydrogens (tertiary/aromatic N) is 2. The van der Waals surface area contributed by atoms with Crippen molar-refractivity contribution in [3.63, 3.8) is 0 Å². The number of likely N-dealkylation sites (tertiary alicyclic amines) is 1. The van der Waals surface area contributed by atoms with Crippen molar-refractivity contribution in [2.45, 2.75) is 26.2 Å². The van der Waals surface area contributed by atoms with Crippen molar-refractivity contribution in [1.82, 2.24) is 4.90 Å². The molecule has 2 unspecified atom stereocenters. The highest BCUT2D eigenvalue weighted by Crippen LogP contribution is 2.44. The fourth-order valence-corrected chi connectivity index (χ4v) is 4.58. The highest BCUT2D eigenvalue weighted by molar-refractivity contribution is 7.85. The molecule has 0 spiro atoms. The van der Waals surface area contributed by atoms with E-state index in [1.807, 2.05) is 0 Å². The third kappa shape index (κ3) is 2.92. The molecule has 0 N–H and O–H groups in total. The van der Waals surface area contributed by atoms with Crippen LogP contribution in [-0.2, 0) is 14.3 Å². The van der Waals surface area contributed by atoms with Gasteiger partial charge in [0.25, 0.3) is 10.1 Å². The molecule has 3 rings (SSSR count). The van der Waals surface area contributed by atoms with E-state index in [0.29, 0.717) is 23.7 Å². The Balaban J connectivity index is 1.66. The molecule has 0 radical (unpaired) electrons. The van der Waals surface area contributed by atoms with Gasteiger partial charge in [-0.1, -0.05) is 6.92 Å². The van der Waals surface area contributed by atoms with Gasteiger partial charge in [-0.05, 0) is 42.9 Å². The van der Waals surface area contributed by atoms with Gasteiger partial charge in [0, 0.05) is 25.3 Å². The zero-order valence-corrected chi connectivity index (χ0v) is 13.1. The van der Waals surface area contributed by atoms with Crippen LogP contribution in [0.3, 0.4) is 0 Å². The summed E-state index contributed by atoms with van der Waals surface area (Å²) >= 11 is 0. The van der Waals surface area contributed by atoms with Crippen molar-refractivity contribution in [2.75, 3.05) is 32.6 Å². The first kappa shape index (κ1) is 14.5. The fourth-order valence-electron chi connectivity index (χ4n) is 4.24. The molecular weight excluding hydrogens is 276 g/mol. The summed E-state index contributed by atoms with van der Waals surface area (Å²) in [6.45, 7) is 5.46. The summed E-state index contributed by atoms with van der Waals surface area (Å²) in [6, 6.07) is 0. The SMILES string of the molecule is CC1C2CCCN=C2C[C@@H]2CN(COS(C)(=O)=O)C[C@@H]12. The molecule has 3 aliphatic rings. The normalized spacial score (nSPS) is 38.2. The zero-order chi connectivity index (χ0) is 14.3. The van der Waals surface area contributed by atoms with Crippen LogP contribution in [0.1, 0.15) is 26.2 Å². The maximum Gasteiger partial charge on any atom is 0.265 e. The first-order valence-electron chi connectivity index (χ1n) is 7.54. The largest absolute Gasteiger partial charge is 0.294 e. The Kier molecular flexibility index (Phi) is 3.90. The molecule has 2 aliphatic heterocycles. The Morgan fingerprint density at radius 2 is 2.20 bits per heavy atom. The lowest BCUT2D eigenvalue weighted by molar-refractivity contribution is 0.147. The van der Waals surface area contributed by atoms with Gasteiger partial charge in [-0.3, -0.25) is 14.1 Å². The molecule has 0 aromatic carbocycles. The third-order valence-electron chi connectivity index (χ3n) is 5.21. The molecule has 1 saturated heterocycles. The Hall–Kier alpha value is -0.460. The average Bonchev–Trinajstić information content (AvgIpc) is 2.79. The highest BCUT2D eigenvalue weighted by Gasteiger charge is 2.45. The summed E-state index contributed by atoms with van der Waals surface area (Å²) in [4.78, 5) is 6.89. The molecule has 2 fully saturated rings. The van der Waals surface area contributed by atoms with Gasteiger partial charge in [-0.15, -0.1) is 0 Å². The molecule has 6 heteroatoms. The summed E-state index contributed by atoms with van der Waals surface area (Å²) in [5.41, 5.74) is 1.43. The Labute approximate surface area is 121 Å². The van der Waals surface area contributed by atoms with E-state index >= 15 is 0 Å². The minimum absolute atomic E-state index is 0.204. The number of hydrogen-bond acceptors (Lipinski definition) is 5. The maximum atomic E-state index is 11.1. The van der Waals surface area contributed by atoms with Gasteiger partial charge in [0.1, 0.15) is 6.73 Å². The molecule has 0 bridgehead atoms. The molecule has 1 aliphatic carbocycles. The lowest BCUT2D eigenvalue weighted by Crippen LogP contribution is -2.40. The first-order chi connectivity index (χ1) is 9.44. The summed E-state index contributed by atoms with van der Waals surface area (Å²) in [5, 5.41) is 0. The lowest BCUT2D eigenvalue weighted by Gasteiger charge is -2.40. The second-order valence-electron chi connectivity index (χ2n) is 6.60. The summed E-state index contributed by atoms with van der Waals surface area (Å²) in [5.74, 6) is 2.62. The van der Waals surface area contributed by atoms with E-state index in [-0.39, 0.29) is 6.73 Å². The molecule has 1 saturated carbocycles. The smallest absolute Gasteiger partial charge is 0.265 e. The molecule has 0 amide bonds. The summed E-state index contributed by atoms with van der Waals surface area (Å²) in [7, 11) is -3.34. The number of hydrogen-bond donors (Lipinski definition) is 0. The van der Waals surface area contributed by atoms with Gasteiger partial charge >= 0.3 is 0 Å². The van der Waals surface area contributed by atoms with E-state index in [2.05, 4.69) is 11.8 Å². The van der Waals surface area contributed by atoms with Crippen molar-refractivity contribution < 1.29 is 12.6 Å². The van der Waals surface area contributed by atoms with Crippen LogP contribution in [0.4, 0.5) is 0 Å². The average molecular weight is 300 g/mol. The van der Waals surface area contributed by atoms with Crippen molar-refractivity contribution >= 4 is 15.8 Å². The standard InChI is InChI=1S/C14H24N2O3S/c1-10-12-4-3-5-15-14(12)6-11-7-16(8-13(10)11)9-19-20(2,17)18/h10-13H,3-9H2,1-2H3/t10?,11-,12?,13+/m1/s1. The minimum Gasteiger partial charge on any atom is -0.294 e. The van der Waals surface area contributed by atoms with E-state index in [9.17, 15) is 8.42 Å². The van der Waals surface area contributed by atoms with Crippen LogP contribution in [0.5, 0.6) is 0 Å².